The molecule has 0 bridgehead atoms. The van der Waals surface area contributed by atoms with Gasteiger partial charge < -0.3 is 10.4 Å². The molecule has 1 aromatic heterocycles. The second-order valence-electron chi connectivity index (χ2n) is 5.67. The Kier molecular flexibility index (Phi) is 4.32. The lowest BCUT2D eigenvalue weighted by atomic mass is 10.1. The third-order valence-electron chi connectivity index (χ3n) is 3.72. The minimum Gasteiger partial charge on any atom is -0.481 e. The average Bonchev–Trinajstić information content (AvgIpc) is 3.37. The molecule has 5 heteroatoms. The van der Waals surface area contributed by atoms with Crippen molar-refractivity contribution < 1.29 is 9.90 Å². The molecule has 3 rings (SSSR count). The van der Waals surface area contributed by atoms with Crippen molar-refractivity contribution in [1.82, 2.24) is 9.97 Å². The molecule has 1 fully saturated rings. The molecule has 0 saturated heterocycles. The van der Waals surface area contributed by atoms with Gasteiger partial charge in [-0.15, -0.1) is 0 Å². The van der Waals surface area contributed by atoms with Gasteiger partial charge in [-0.25, -0.2) is 9.97 Å². The molecule has 0 aliphatic heterocycles. The zero-order valence-corrected chi connectivity index (χ0v) is 12.3. The largest absolute Gasteiger partial charge is 0.481 e. The number of nitrogens with zero attached hydrogens (tertiary/aromatic N) is 2. The predicted octanol–water partition coefficient (Wildman–Crippen LogP) is 2.98. The van der Waals surface area contributed by atoms with E-state index in [1.165, 1.54) is 12.8 Å². The van der Waals surface area contributed by atoms with E-state index in [1.54, 1.807) is 0 Å². The van der Waals surface area contributed by atoms with Gasteiger partial charge in [0.1, 0.15) is 5.82 Å². The number of hydrogen-bond donors (Lipinski definition) is 2. The number of carbonyl (C=O) groups is 1. The van der Waals surface area contributed by atoms with E-state index in [0.717, 1.165) is 22.6 Å². The first-order chi connectivity index (χ1) is 10.7. The van der Waals surface area contributed by atoms with Crippen LogP contribution >= 0.6 is 0 Å². The normalized spacial score (nSPS) is 13.8. The maximum atomic E-state index is 10.6. The van der Waals surface area contributed by atoms with Crippen molar-refractivity contribution in [3.63, 3.8) is 0 Å². The first-order valence-corrected chi connectivity index (χ1v) is 7.56. The number of hydrogen-bond acceptors (Lipinski definition) is 4. The van der Waals surface area contributed by atoms with E-state index < -0.39 is 5.97 Å². The molecule has 1 aliphatic carbocycles. The van der Waals surface area contributed by atoms with E-state index in [2.05, 4.69) is 15.3 Å². The fourth-order valence-electron chi connectivity index (χ4n) is 2.30. The number of nitrogens with one attached hydrogen (secondary N) is 1. The number of rotatable bonds is 7. The molecule has 114 valence electrons. The number of aryl methyl sites for hydroxylation is 1. The molecule has 1 aliphatic rings. The SMILES string of the molecule is O=C(O)CCc1cccc(NCc2cnc(C3CC3)nc2)c1. The van der Waals surface area contributed by atoms with Gasteiger partial charge in [-0.1, -0.05) is 12.1 Å². The van der Waals surface area contributed by atoms with Gasteiger partial charge >= 0.3 is 5.97 Å². The molecule has 0 unspecified atom stereocenters. The summed E-state index contributed by atoms with van der Waals surface area (Å²) in [6, 6.07) is 7.85. The van der Waals surface area contributed by atoms with Crippen LogP contribution in [0.15, 0.2) is 36.7 Å². The molecule has 0 amide bonds. The summed E-state index contributed by atoms with van der Waals surface area (Å²) in [6.07, 6.45) is 6.87. The molecule has 1 saturated carbocycles. The molecule has 1 aromatic carbocycles. The van der Waals surface area contributed by atoms with Gasteiger partial charge in [0, 0.05) is 42.5 Å². The molecule has 0 radical (unpaired) electrons. The van der Waals surface area contributed by atoms with Crippen LogP contribution in [0.4, 0.5) is 5.69 Å². The first kappa shape index (κ1) is 14.5. The molecule has 0 atom stereocenters. The van der Waals surface area contributed by atoms with E-state index in [-0.39, 0.29) is 6.42 Å². The van der Waals surface area contributed by atoms with Crippen molar-refractivity contribution in [3.05, 3.63) is 53.6 Å². The van der Waals surface area contributed by atoms with Gasteiger partial charge in [0.05, 0.1) is 0 Å². The Balaban J connectivity index is 1.56. The van der Waals surface area contributed by atoms with Crippen molar-refractivity contribution in [2.75, 3.05) is 5.32 Å². The highest BCUT2D eigenvalue weighted by molar-refractivity contribution is 5.67. The summed E-state index contributed by atoms with van der Waals surface area (Å²) in [5.41, 5.74) is 3.04. The summed E-state index contributed by atoms with van der Waals surface area (Å²) in [5.74, 6) is 0.763. The van der Waals surface area contributed by atoms with Crippen molar-refractivity contribution in [2.45, 2.75) is 38.1 Å². The van der Waals surface area contributed by atoms with E-state index >= 15 is 0 Å². The molecule has 5 nitrogen and oxygen atoms in total. The molecule has 0 spiro atoms. The Morgan fingerprint density at radius 2 is 2.00 bits per heavy atom. The first-order valence-electron chi connectivity index (χ1n) is 7.56. The Morgan fingerprint density at radius 1 is 1.23 bits per heavy atom. The summed E-state index contributed by atoms with van der Waals surface area (Å²) in [5, 5.41) is 12.1. The lowest BCUT2D eigenvalue weighted by molar-refractivity contribution is -0.136. The summed E-state index contributed by atoms with van der Waals surface area (Å²) >= 11 is 0. The Bertz CT molecular complexity index is 651. The lowest BCUT2D eigenvalue weighted by Gasteiger charge is -2.08. The topological polar surface area (TPSA) is 75.1 Å². The number of anilines is 1. The van der Waals surface area contributed by atoms with E-state index in [9.17, 15) is 4.79 Å². The number of benzene rings is 1. The van der Waals surface area contributed by atoms with Crippen LogP contribution in [0.1, 0.15) is 42.1 Å². The van der Waals surface area contributed by atoms with Crippen LogP contribution in [-0.2, 0) is 17.8 Å². The van der Waals surface area contributed by atoms with Gasteiger partial charge in [0.2, 0.25) is 0 Å². The van der Waals surface area contributed by atoms with Crippen molar-refractivity contribution >= 4 is 11.7 Å². The number of aromatic nitrogens is 2. The van der Waals surface area contributed by atoms with Gasteiger partial charge in [-0.2, -0.15) is 0 Å². The molecule has 22 heavy (non-hydrogen) atoms. The molecule has 2 N–H and O–H groups in total. The fraction of sp³-hybridized carbons (Fsp3) is 0.353. The Labute approximate surface area is 129 Å². The van der Waals surface area contributed by atoms with Gasteiger partial charge in [0.25, 0.3) is 0 Å². The summed E-state index contributed by atoms with van der Waals surface area (Å²) < 4.78 is 0. The number of carboxylic acids is 1. The monoisotopic (exact) mass is 297 g/mol. The second kappa shape index (κ2) is 6.56. The lowest BCUT2D eigenvalue weighted by Crippen LogP contribution is -2.03. The van der Waals surface area contributed by atoms with Crippen LogP contribution in [0.2, 0.25) is 0 Å². The van der Waals surface area contributed by atoms with Gasteiger partial charge in [0.15, 0.2) is 0 Å². The highest BCUT2D eigenvalue weighted by atomic mass is 16.4. The summed E-state index contributed by atoms with van der Waals surface area (Å²) in [6.45, 7) is 0.660. The molecular formula is C17H19N3O2. The summed E-state index contributed by atoms with van der Waals surface area (Å²) in [4.78, 5) is 19.4. The molecule has 1 heterocycles. The third-order valence-corrected chi connectivity index (χ3v) is 3.72. The second-order valence-corrected chi connectivity index (χ2v) is 5.67. The molecule has 2 aromatic rings. The number of carboxylic acid groups (broad SMARTS) is 1. The van der Waals surface area contributed by atoms with Crippen LogP contribution in [0, 0.1) is 0 Å². The van der Waals surface area contributed by atoms with Crippen LogP contribution in [0.5, 0.6) is 0 Å². The minimum absolute atomic E-state index is 0.153. The Morgan fingerprint density at radius 3 is 2.68 bits per heavy atom. The van der Waals surface area contributed by atoms with E-state index in [1.807, 2.05) is 36.7 Å². The van der Waals surface area contributed by atoms with Crippen LogP contribution < -0.4 is 5.32 Å². The minimum atomic E-state index is -0.772. The Hall–Kier alpha value is -2.43. The van der Waals surface area contributed by atoms with E-state index in [0.29, 0.717) is 18.9 Å². The van der Waals surface area contributed by atoms with Crippen LogP contribution in [0.3, 0.4) is 0 Å². The summed E-state index contributed by atoms with van der Waals surface area (Å²) in [7, 11) is 0. The van der Waals surface area contributed by atoms with Gasteiger partial charge in [-0.3, -0.25) is 4.79 Å². The molecular weight excluding hydrogens is 278 g/mol. The maximum absolute atomic E-state index is 10.6. The van der Waals surface area contributed by atoms with Crippen LogP contribution in [-0.4, -0.2) is 21.0 Å². The van der Waals surface area contributed by atoms with Crippen molar-refractivity contribution in [1.29, 1.82) is 0 Å². The maximum Gasteiger partial charge on any atom is 0.303 e. The highest BCUT2D eigenvalue weighted by Crippen LogP contribution is 2.37. The van der Waals surface area contributed by atoms with Crippen molar-refractivity contribution in [3.8, 4) is 0 Å². The van der Waals surface area contributed by atoms with Crippen molar-refractivity contribution in [2.24, 2.45) is 0 Å². The predicted molar refractivity (Wildman–Crippen MR) is 83.7 cm³/mol. The zero-order chi connectivity index (χ0) is 15.4. The highest BCUT2D eigenvalue weighted by Gasteiger charge is 2.25. The fourth-order valence-corrected chi connectivity index (χ4v) is 2.30. The van der Waals surface area contributed by atoms with Gasteiger partial charge in [-0.05, 0) is 37.0 Å². The standard InChI is InChI=1S/C17H19N3O2/c21-16(22)7-4-12-2-1-3-15(8-12)18-9-13-10-19-17(20-11-13)14-5-6-14/h1-3,8,10-11,14,18H,4-7,9H2,(H,21,22). The smallest absolute Gasteiger partial charge is 0.303 e. The zero-order valence-electron chi connectivity index (χ0n) is 12.3. The van der Waals surface area contributed by atoms with Crippen LogP contribution in [0.25, 0.3) is 0 Å². The quantitative estimate of drug-likeness (QED) is 0.821. The average molecular weight is 297 g/mol. The van der Waals surface area contributed by atoms with E-state index in [4.69, 9.17) is 5.11 Å². The third kappa shape index (κ3) is 4.04. The number of aliphatic carboxylic acids is 1.